The molecule has 8 nitrogen and oxygen atoms in total. The molecular weight excluding hydrogens is 280 g/mol. The molecule has 1 aliphatic heterocycles. The molecule has 0 aromatic heterocycles. The van der Waals surface area contributed by atoms with Crippen molar-refractivity contribution in [2.24, 2.45) is 5.29 Å². The Morgan fingerprint density at radius 2 is 1.95 bits per heavy atom. The monoisotopic (exact) mass is 298 g/mol. The maximum absolute atomic E-state index is 11.2. The molecule has 21 heavy (non-hydrogen) atoms. The smallest absolute Gasteiger partial charge is 0.216 e. The summed E-state index contributed by atoms with van der Waals surface area (Å²) in [5.41, 5.74) is -0.717. The molecule has 0 bridgehead atoms. The number of aliphatic hydroxyl groups excluding tert-OH is 4. The van der Waals surface area contributed by atoms with E-state index in [1.807, 2.05) is 6.92 Å². The maximum atomic E-state index is 11.2. The number of benzene rings is 1. The van der Waals surface area contributed by atoms with Gasteiger partial charge in [0.05, 0.1) is 24.2 Å². The number of anilines is 1. The quantitative estimate of drug-likeness (QED) is 0.427. The highest BCUT2D eigenvalue weighted by Gasteiger charge is 2.54. The van der Waals surface area contributed by atoms with Gasteiger partial charge in [-0.15, -0.1) is 4.91 Å². The van der Waals surface area contributed by atoms with Crippen LogP contribution in [0, 0.1) is 11.8 Å². The summed E-state index contributed by atoms with van der Waals surface area (Å²) in [5, 5.41) is 42.6. The minimum atomic E-state index is -1.95. The van der Waals surface area contributed by atoms with Crippen LogP contribution < -0.4 is 5.01 Å². The second kappa shape index (κ2) is 6.04. The Hall–Kier alpha value is -1.58. The molecule has 0 amide bonds. The van der Waals surface area contributed by atoms with Crippen molar-refractivity contribution in [2.75, 3.05) is 18.2 Å². The van der Waals surface area contributed by atoms with Crippen LogP contribution in [0.2, 0.25) is 0 Å². The van der Waals surface area contributed by atoms with Gasteiger partial charge in [0.25, 0.3) is 0 Å². The van der Waals surface area contributed by atoms with Crippen LogP contribution in [0.5, 0.6) is 0 Å². The van der Waals surface area contributed by atoms with Crippen LogP contribution in [0.4, 0.5) is 5.69 Å². The summed E-state index contributed by atoms with van der Waals surface area (Å²) in [6.45, 7) is 0.713. The van der Waals surface area contributed by atoms with Crippen molar-refractivity contribution in [1.29, 1.82) is 0 Å². The van der Waals surface area contributed by atoms with Crippen molar-refractivity contribution in [3.8, 4) is 0 Å². The van der Waals surface area contributed by atoms with E-state index >= 15 is 0 Å². The number of hydrogen-bond acceptors (Lipinski definition) is 7. The van der Waals surface area contributed by atoms with Gasteiger partial charge in [-0.05, 0) is 19.1 Å². The number of hydrogen-bond donors (Lipinski definition) is 4. The number of ether oxygens (including phenoxy) is 1. The molecular formula is C13H18N2O6. The molecule has 1 heterocycles. The average molecular weight is 298 g/mol. The Morgan fingerprint density at radius 1 is 1.33 bits per heavy atom. The van der Waals surface area contributed by atoms with Gasteiger partial charge < -0.3 is 25.2 Å². The topological polar surface area (TPSA) is 123 Å². The van der Waals surface area contributed by atoms with E-state index in [4.69, 9.17) is 4.74 Å². The minimum absolute atomic E-state index is 0.285. The minimum Gasteiger partial charge on any atom is -0.391 e. The number of aryl methyl sites for hydroxylation is 1. The summed E-state index contributed by atoms with van der Waals surface area (Å²) in [4.78, 5) is 11.2. The van der Waals surface area contributed by atoms with Gasteiger partial charge in [0.15, 0.2) is 0 Å². The second-order valence-electron chi connectivity index (χ2n) is 5.05. The van der Waals surface area contributed by atoms with Crippen LogP contribution in [0.25, 0.3) is 0 Å². The van der Waals surface area contributed by atoms with Crippen molar-refractivity contribution >= 4 is 5.69 Å². The Kier molecular flexibility index (Phi) is 4.55. The number of nitrogens with zero attached hydrogens (tertiary/aromatic N) is 2. The average Bonchev–Trinajstić information content (AvgIpc) is 2.50. The standard InChI is InChI=1S/C13H18N2O6/c1-8-2-4-9(5-3-8)15(14-20)13(7-16)12(19)11(18)10(17)6-21-13/h2-5,10-12,16-19H,6-7H2,1H3/t10-,11-,12+,13?/m1/s1. The van der Waals surface area contributed by atoms with Crippen molar-refractivity contribution < 1.29 is 25.2 Å². The van der Waals surface area contributed by atoms with E-state index in [0.717, 1.165) is 10.6 Å². The number of rotatable bonds is 4. The molecule has 1 unspecified atom stereocenters. The molecule has 1 saturated heterocycles. The molecule has 0 aliphatic carbocycles. The van der Waals surface area contributed by atoms with Gasteiger partial charge in [-0.3, -0.25) is 0 Å². The predicted molar refractivity (Wildman–Crippen MR) is 73.2 cm³/mol. The highest BCUT2D eigenvalue weighted by Crippen LogP contribution is 2.34. The Bertz CT molecular complexity index is 496. The van der Waals surface area contributed by atoms with Gasteiger partial charge in [-0.2, -0.15) is 5.01 Å². The first-order valence-corrected chi connectivity index (χ1v) is 6.45. The van der Waals surface area contributed by atoms with E-state index in [-0.39, 0.29) is 12.3 Å². The van der Waals surface area contributed by atoms with Gasteiger partial charge in [-0.25, -0.2) is 0 Å². The lowest BCUT2D eigenvalue weighted by Gasteiger charge is -2.47. The van der Waals surface area contributed by atoms with Crippen LogP contribution in [0.15, 0.2) is 29.6 Å². The van der Waals surface area contributed by atoms with Crippen molar-refractivity contribution in [3.63, 3.8) is 0 Å². The highest BCUT2D eigenvalue weighted by atomic mass is 16.6. The Labute approximate surface area is 121 Å². The molecule has 1 aromatic rings. The fourth-order valence-electron chi connectivity index (χ4n) is 2.30. The molecule has 1 fully saturated rings. The third-order valence-corrected chi connectivity index (χ3v) is 3.63. The summed E-state index contributed by atoms with van der Waals surface area (Å²) >= 11 is 0. The van der Waals surface area contributed by atoms with E-state index < -0.39 is 30.6 Å². The Balaban J connectivity index is 2.41. The fourth-order valence-corrected chi connectivity index (χ4v) is 2.30. The molecule has 8 heteroatoms. The molecule has 4 atom stereocenters. The molecule has 1 aliphatic rings. The predicted octanol–water partition coefficient (Wildman–Crippen LogP) is -0.716. The van der Waals surface area contributed by atoms with Gasteiger partial charge in [0.2, 0.25) is 5.72 Å². The first-order valence-electron chi connectivity index (χ1n) is 6.45. The number of aliphatic hydroxyl groups is 4. The normalized spacial score (nSPS) is 32.7. The maximum Gasteiger partial charge on any atom is 0.216 e. The first-order chi connectivity index (χ1) is 9.96. The Morgan fingerprint density at radius 3 is 2.48 bits per heavy atom. The van der Waals surface area contributed by atoms with Gasteiger partial charge in [-0.1, -0.05) is 17.7 Å². The molecule has 4 N–H and O–H groups in total. The third-order valence-electron chi connectivity index (χ3n) is 3.63. The molecule has 0 radical (unpaired) electrons. The van der Waals surface area contributed by atoms with Crippen LogP contribution in [0.3, 0.4) is 0 Å². The first kappa shape index (κ1) is 15.8. The van der Waals surface area contributed by atoms with Gasteiger partial charge in [0.1, 0.15) is 18.3 Å². The van der Waals surface area contributed by atoms with E-state index in [1.165, 1.54) is 0 Å². The second-order valence-corrected chi connectivity index (χ2v) is 5.05. The lowest BCUT2D eigenvalue weighted by atomic mass is 9.94. The van der Waals surface area contributed by atoms with E-state index in [1.54, 1.807) is 24.3 Å². The van der Waals surface area contributed by atoms with Crippen molar-refractivity contribution in [1.82, 2.24) is 0 Å². The lowest BCUT2D eigenvalue weighted by molar-refractivity contribution is -0.246. The van der Waals surface area contributed by atoms with Gasteiger partial charge in [0, 0.05) is 0 Å². The number of nitroso groups, excluding NO2 is 1. The summed E-state index contributed by atoms with van der Waals surface area (Å²) in [6, 6.07) is 6.58. The van der Waals surface area contributed by atoms with E-state index in [2.05, 4.69) is 5.29 Å². The van der Waals surface area contributed by atoms with Crippen molar-refractivity contribution in [3.05, 3.63) is 34.7 Å². The zero-order valence-corrected chi connectivity index (χ0v) is 11.5. The van der Waals surface area contributed by atoms with Crippen LogP contribution in [0.1, 0.15) is 5.56 Å². The summed E-state index contributed by atoms with van der Waals surface area (Å²) in [7, 11) is 0. The van der Waals surface area contributed by atoms with Gasteiger partial charge >= 0.3 is 0 Å². The molecule has 116 valence electrons. The molecule has 0 saturated carbocycles. The highest BCUT2D eigenvalue weighted by molar-refractivity contribution is 5.49. The molecule has 0 spiro atoms. The van der Waals surface area contributed by atoms with Crippen LogP contribution in [-0.2, 0) is 4.74 Å². The molecule has 2 rings (SSSR count). The summed E-state index contributed by atoms with van der Waals surface area (Å²) in [5.74, 6) is 0. The SMILES string of the molecule is Cc1ccc(N(N=O)C2(CO)OC[C@@H](O)[C@@H](O)[C@@H]2O)cc1. The zero-order valence-electron chi connectivity index (χ0n) is 11.5. The van der Waals surface area contributed by atoms with Crippen LogP contribution in [-0.4, -0.2) is 57.7 Å². The van der Waals surface area contributed by atoms with Crippen molar-refractivity contribution in [2.45, 2.75) is 31.0 Å². The largest absolute Gasteiger partial charge is 0.391 e. The van der Waals surface area contributed by atoms with Crippen LogP contribution >= 0.6 is 0 Å². The third kappa shape index (κ3) is 2.63. The van der Waals surface area contributed by atoms with E-state index in [9.17, 15) is 25.3 Å². The summed E-state index contributed by atoms with van der Waals surface area (Å²) < 4.78 is 5.27. The van der Waals surface area contributed by atoms with E-state index in [0.29, 0.717) is 0 Å². The molecule has 1 aromatic carbocycles. The zero-order chi connectivity index (χ0) is 15.6. The lowest BCUT2D eigenvalue weighted by Crippen LogP contribution is -2.69. The fraction of sp³-hybridized carbons (Fsp3) is 0.538. The summed E-state index contributed by atoms with van der Waals surface area (Å²) in [6.07, 6.45) is -4.60.